The summed E-state index contributed by atoms with van der Waals surface area (Å²) in [5.74, 6) is -2.89. The highest BCUT2D eigenvalue weighted by molar-refractivity contribution is 5.74. The number of hydrogen-bond acceptors (Lipinski definition) is 46. The lowest BCUT2D eigenvalue weighted by atomic mass is 9.94. The minimum absolute atomic E-state index is 0.919. The van der Waals surface area contributed by atoms with Crippen LogP contribution in [0.1, 0.15) is 20.8 Å². The minimum Gasteiger partial charge on any atom is -0.394 e. The van der Waals surface area contributed by atoms with Gasteiger partial charge < -0.3 is 229 Å². The molecule has 9 aliphatic heterocycles. The van der Waals surface area contributed by atoms with Gasteiger partial charge in [-0.05, 0) is 0 Å². The van der Waals surface area contributed by atoms with Crippen LogP contribution in [0.5, 0.6) is 0 Å². The van der Waals surface area contributed by atoms with E-state index in [1.165, 1.54) is 0 Å². The SMILES string of the molecule is CC(=O)N[C@H]1[C@H](O[C@@H]2[C@@H](OC[C@H]3O[C@@H](O[C@H]4[C@H](O)[C@@H](O)[C@H](O)O[C@@H]4CO)[C@@H](O)[C@@H](O[C@H]4O[C@H](CO)[C@@H](O)[C@H](O)[C@@H]4O[C@@H]4O[C@H](CO)[C@@H](O[C@@H]5O[C@H](CO)[C@H](O)[C@H](O)[C@H]5O)[C@H](O)[C@H]4NC(C)=O)[C@@H]3O[C@@H]3O[C@H](CO)[C@@H](O)[C@H](O)[C@H]3NC(C)=O)O[C@H](CO)[C@@H](O)[C@@H]2O)O[C@H](CO)[C@@H](O[C@@H]2O[C@H](CO)[C@H](O)[C@H](O)[C@H]2O)[C@@H]1O. The number of aliphatic hydroxyl groups is 26. The van der Waals surface area contributed by atoms with Crippen LogP contribution in [0.4, 0.5) is 0 Å². The molecule has 9 saturated heterocycles. The van der Waals surface area contributed by atoms with E-state index >= 15 is 0 Å². The molecule has 45 atom stereocenters. The molecule has 0 aromatic carbocycles. The third kappa shape index (κ3) is 19.5. The molecule has 632 valence electrons. The highest BCUT2D eigenvalue weighted by atomic mass is 16.8. The van der Waals surface area contributed by atoms with Crippen LogP contribution >= 0.6 is 0 Å². The largest absolute Gasteiger partial charge is 0.394 e. The summed E-state index contributed by atoms with van der Waals surface area (Å²) in [4.78, 5) is 38.9. The van der Waals surface area contributed by atoms with E-state index in [2.05, 4.69) is 16.0 Å². The van der Waals surface area contributed by atoms with Gasteiger partial charge in [-0.25, -0.2) is 0 Å². The number of aliphatic hydroxyl groups excluding tert-OH is 26. The zero-order chi connectivity index (χ0) is 80.2. The molecular formula is C60H101N3O46. The van der Waals surface area contributed by atoms with Crippen molar-refractivity contribution in [2.45, 2.75) is 297 Å². The Bertz CT molecular complexity index is 2840. The number of carbonyl (C=O) groups excluding carboxylic acids is 3. The molecule has 0 radical (unpaired) electrons. The number of rotatable bonds is 28. The van der Waals surface area contributed by atoms with Gasteiger partial charge in [0, 0.05) is 20.8 Å². The van der Waals surface area contributed by atoms with Crippen molar-refractivity contribution in [1.29, 1.82) is 0 Å². The first-order chi connectivity index (χ1) is 51.6. The third-order valence-electron chi connectivity index (χ3n) is 20.0. The molecule has 109 heavy (non-hydrogen) atoms. The maximum Gasteiger partial charge on any atom is 0.217 e. The molecule has 9 rings (SSSR count). The van der Waals surface area contributed by atoms with Crippen molar-refractivity contribution in [3.63, 3.8) is 0 Å². The molecule has 0 saturated carbocycles. The molecule has 0 spiro atoms. The van der Waals surface area contributed by atoms with Crippen LogP contribution in [-0.2, 0) is 94.9 Å². The van der Waals surface area contributed by atoms with E-state index in [-0.39, 0.29) is 0 Å². The van der Waals surface area contributed by atoms with E-state index in [0.29, 0.717) is 0 Å². The molecule has 49 nitrogen and oxygen atoms in total. The second-order valence-corrected chi connectivity index (χ2v) is 27.4. The van der Waals surface area contributed by atoms with Crippen molar-refractivity contribution >= 4 is 17.7 Å². The van der Waals surface area contributed by atoms with Gasteiger partial charge in [-0.15, -0.1) is 0 Å². The minimum atomic E-state index is -2.64. The summed E-state index contributed by atoms with van der Waals surface area (Å²) in [7, 11) is 0. The van der Waals surface area contributed by atoms with Crippen molar-refractivity contribution in [2.24, 2.45) is 0 Å². The van der Waals surface area contributed by atoms with Crippen LogP contribution in [0.3, 0.4) is 0 Å². The number of nitrogens with one attached hydrogen (secondary N) is 3. The summed E-state index contributed by atoms with van der Waals surface area (Å²) in [5.41, 5.74) is 0. The van der Waals surface area contributed by atoms with Crippen molar-refractivity contribution in [3.05, 3.63) is 0 Å². The molecule has 9 fully saturated rings. The van der Waals surface area contributed by atoms with Gasteiger partial charge >= 0.3 is 0 Å². The number of ether oxygens (including phenoxy) is 17. The van der Waals surface area contributed by atoms with Crippen molar-refractivity contribution < 1.29 is 228 Å². The second-order valence-electron chi connectivity index (χ2n) is 27.4. The molecule has 3 amide bonds. The quantitative estimate of drug-likeness (QED) is 0.0346. The van der Waals surface area contributed by atoms with Crippen LogP contribution in [0, 0.1) is 0 Å². The summed E-state index contributed by atoms with van der Waals surface area (Å²) >= 11 is 0. The number of carbonyl (C=O) groups is 3. The number of amides is 3. The van der Waals surface area contributed by atoms with Gasteiger partial charge in [-0.1, -0.05) is 0 Å². The van der Waals surface area contributed by atoms with Crippen LogP contribution in [0.2, 0.25) is 0 Å². The normalized spacial score (nSPS) is 50.0. The van der Waals surface area contributed by atoms with E-state index in [4.69, 9.17) is 80.5 Å². The Hall–Kier alpha value is -3.31. The predicted octanol–water partition coefficient (Wildman–Crippen LogP) is -20.2. The summed E-state index contributed by atoms with van der Waals surface area (Å²) in [6.45, 7) is -7.37. The van der Waals surface area contributed by atoms with Crippen LogP contribution < -0.4 is 16.0 Å². The van der Waals surface area contributed by atoms with Gasteiger partial charge in [0.05, 0.1) is 59.5 Å². The third-order valence-corrected chi connectivity index (χ3v) is 20.0. The Morgan fingerprint density at radius 1 is 0.239 bits per heavy atom. The Labute approximate surface area is 616 Å². The Kier molecular flexibility index (Phi) is 32.1. The first-order valence-electron chi connectivity index (χ1n) is 34.6. The van der Waals surface area contributed by atoms with Gasteiger partial charge in [0.25, 0.3) is 0 Å². The van der Waals surface area contributed by atoms with E-state index < -0.39 is 353 Å². The lowest BCUT2D eigenvalue weighted by molar-refractivity contribution is -0.409. The predicted molar refractivity (Wildman–Crippen MR) is 332 cm³/mol. The fraction of sp³-hybridized carbons (Fsp3) is 0.950. The monoisotopic (exact) mass is 1600 g/mol. The molecule has 0 aliphatic carbocycles. The zero-order valence-corrected chi connectivity index (χ0v) is 58.1. The Morgan fingerprint density at radius 3 is 0.899 bits per heavy atom. The van der Waals surface area contributed by atoms with Crippen molar-refractivity contribution in [1.82, 2.24) is 16.0 Å². The van der Waals surface area contributed by atoms with E-state index in [1.807, 2.05) is 0 Å². The molecule has 0 unspecified atom stereocenters. The average Bonchev–Trinajstić information content (AvgIpc) is 0.766. The van der Waals surface area contributed by atoms with E-state index in [0.717, 1.165) is 20.8 Å². The molecule has 0 aromatic heterocycles. The van der Waals surface area contributed by atoms with Crippen molar-refractivity contribution in [2.75, 3.05) is 59.5 Å². The molecule has 0 bridgehead atoms. The highest BCUT2D eigenvalue weighted by Crippen LogP contribution is 2.41. The summed E-state index contributed by atoms with van der Waals surface area (Å²) in [6, 6.07) is -5.89. The maximum atomic E-state index is 13.0. The highest BCUT2D eigenvalue weighted by Gasteiger charge is 2.61. The smallest absolute Gasteiger partial charge is 0.217 e. The molecule has 9 aliphatic rings. The summed E-state index contributed by atoms with van der Waals surface area (Å²) in [5, 5.41) is 294. The summed E-state index contributed by atoms with van der Waals surface area (Å²) in [6.07, 6.45) is -89.7. The lowest BCUT2D eigenvalue weighted by Crippen LogP contribution is -2.71. The molecule has 0 aromatic rings. The summed E-state index contributed by atoms with van der Waals surface area (Å²) < 4.78 is 102. The van der Waals surface area contributed by atoms with Crippen LogP contribution in [-0.4, -0.2) is 486 Å². The first-order valence-corrected chi connectivity index (χ1v) is 34.6. The van der Waals surface area contributed by atoms with Crippen LogP contribution in [0.15, 0.2) is 0 Å². The zero-order valence-electron chi connectivity index (χ0n) is 58.1. The Morgan fingerprint density at radius 2 is 0.505 bits per heavy atom. The van der Waals surface area contributed by atoms with Gasteiger partial charge in [-0.3, -0.25) is 14.4 Å². The van der Waals surface area contributed by atoms with E-state index in [1.54, 1.807) is 0 Å². The first kappa shape index (κ1) is 89.6. The van der Waals surface area contributed by atoms with Crippen molar-refractivity contribution in [3.8, 4) is 0 Å². The fourth-order valence-corrected chi connectivity index (χ4v) is 14.0. The maximum absolute atomic E-state index is 13.0. The fourth-order valence-electron chi connectivity index (χ4n) is 14.0. The topological polar surface area (TPSA) is 770 Å². The Balaban J connectivity index is 1.12. The van der Waals surface area contributed by atoms with Gasteiger partial charge in [-0.2, -0.15) is 0 Å². The van der Waals surface area contributed by atoms with E-state index in [9.17, 15) is 147 Å². The van der Waals surface area contributed by atoms with Gasteiger partial charge in [0.1, 0.15) is 220 Å². The molecular weight excluding hydrogens is 1500 g/mol. The molecule has 9 heterocycles. The molecule has 49 heteroatoms. The lowest BCUT2D eigenvalue weighted by Gasteiger charge is -2.52. The standard InChI is InChI=1S/C60H101N3O46/c1-13(72)61-25-33(80)28(75)16(4-64)95-53(25)106-48-24(12-93-59-50(38(85)31(78)19(7-67)98-59)108-54-26(62-14(2)73)34(81)45(22(10-70)100-54)103-56-42(89)36(83)29(76)17(5-65)96-56)102-58(105-47-21(9-69)94-52(92)41(88)40(47)87)44(91)49(48)107-60-51(39(86)32(79)20(8-68)99-60)109-55-27(63-15(3)74)35(82)46(23(11-71)101-55)104-57-43(90)37(84)30(77)18(6-66)97-57/h16-60,64-71,75-92H,4-12H2,1-3H3,(H,61,72)(H,62,73)(H,63,74)/t16-,17-,18-,19-,20-,21-,22-,23-,24-,25-,26-,27-,28-,29+,30+,31-,32-,33-,34-,35-,36+,37+,38+,39+,40-,41-,42-,43-,44+,45-,46-,47-,48-,49-,50+,51+,52-,53+,54+,55+,56+,57+,58+,59+,60-/m1/s1. The number of hydrogen-bond donors (Lipinski definition) is 29. The van der Waals surface area contributed by atoms with Gasteiger partial charge in [0.15, 0.2) is 56.6 Å². The average molecular weight is 1600 g/mol. The van der Waals surface area contributed by atoms with Crippen LogP contribution in [0.25, 0.3) is 0 Å². The molecule has 29 N–H and O–H groups in total. The second kappa shape index (κ2) is 39.1. The van der Waals surface area contributed by atoms with Gasteiger partial charge in [0.2, 0.25) is 17.7 Å².